The van der Waals surface area contributed by atoms with Gasteiger partial charge in [0, 0.05) is 105 Å². The Balaban J connectivity index is 0.000000167. The number of benzene rings is 10. The lowest BCUT2D eigenvalue weighted by atomic mass is 9.13. The summed E-state index contributed by atoms with van der Waals surface area (Å²) in [5.74, 6) is 0. The molecule has 4 aliphatic heterocycles. The van der Waals surface area contributed by atoms with Crippen molar-refractivity contribution in [1.82, 2.24) is 9.80 Å². The largest absolute Gasteiger partial charge is 0.443 e. The van der Waals surface area contributed by atoms with Crippen LogP contribution in [0.2, 0.25) is 20.1 Å². The van der Waals surface area contributed by atoms with Crippen LogP contribution in [0.15, 0.2) is 334 Å². The van der Waals surface area contributed by atoms with E-state index in [2.05, 4.69) is 377 Å². The molecule has 142 heavy (non-hydrogen) atoms. The molecule has 0 bridgehead atoms. The van der Waals surface area contributed by atoms with Crippen molar-refractivity contribution in [3.63, 3.8) is 0 Å². The van der Waals surface area contributed by atoms with Crippen LogP contribution in [0.4, 0.5) is 32.3 Å². The SMILES string of the molecule is CCN(C(=O)OC(C)(C)C)C1=C(/C=C/C2=[N+](CC)c3ccc(C)cc3C2(C)C)CC/C1=C\C=C1\N(CC)c2ccc(C)cc2C1(C)C.CCN(C(=O)OC(C)(C)C)C1=C(/C=C/C2=[N+](CC)c3ccc(C)cc3C2(C)C)CC/C1=C\C=C1\N(CC)c2ccc(C)cc2C1(C)C.O=S(=O)([N-]S(=O)(=O)c1cc(Cl)c(Cl)cc1Cl)c1ccc(Cl)cc1.c1ccc([B-](c2ccccc2)(c2ccccc2)c2ccccc2)cc1. The number of carbonyl (C=O) groups is 2. The van der Waals surface area contributed by atoms with Crippen molar-refractivity contribution >= 4 is 141 Å². The van der Waals surface area contributed by atoms with E-state index in [-0.39, 0.29) is 53.8 Å². The highest BCUT2D eigenvalue weighted by atomic mass is 35.5. The number of allylic oxidation sites excluding steroid dienone is 14. The molecule has 744 valence electrons. The van der Waals surface area contributed by atoms with E-state index in [1.54, 1.807) is 0 Å². The van der Waals surface area contributed by atoms with Crippen LogP contribution in [0.1, 0.15) is 209 Å². The normalized spacial score (nSPS) is 17.4. The highest BCUT2D eigenvalue weighted by Crippen LogP contribution is 2.52. The number of nitrogens with zero attached hydrogens (tertiary/aromatic N) is 7. The van der Waals surface area contributed by atoms with Gasteiger partial charge in [0.05, 0.1) is 42.2 Å². The van der Waals surface area contributed by atoms with Gasteiger partial charge in [-0.3, -0.25) is 9.80 Å². The zero-order chi connectivity index (χ0) is 103. The molecule has 0 saturated heterocycles. The first-order valence-electron chi connectivity index (χ1n) is 49.5. The van der Waals surface area contributed by atoms with Crippen molar-refractivity contribution in [2.45, 2.75) is 235 Å². The number of hydrogen-bond acceptors (Lipinski definition) is 10. The molecule has 10 aromatic carbocycles. The molecule has 0 unspecified atom stereocenters. The predicted molar refractivity (Wildman–Crippen MR) is 595 cm³/mol. The Morgan fingerprint density at radius 1 is 0.408 bits per heavy atom. The highest BCUT2D eigenvalue weighted by molar-refractivity contribution is 8.12. The molecule has 0 saturated carbocycles. The number of rotatable bonds is 22. The van der Waals surface area contributed by atoms with Gasteiger partial charge in [-0.15, -0.1) is 0 Å². The third kappa shape index (κ3) is 22.6. The summed E-state index contributed by atoms with van der Waals surface area (Å²) in [6, 6.07) is 77.6. The summed E-state index contributed by atoms with van der Waals surface area (Å²) < 4.78 is 68.4. The van der Waals surface area contributed by atoms with Crippen LogP contribution < -0.4 is 31.7 Å². The van der Waals surface area contributed by atoms with Crippen molar-refractivity contribution in [2.24, 2.45) is 0 Å². The van der Waals surface area contributed by atoms with E-state index in [4.69, 9.17) is 55.9 Å². The number of ether oxygens (including phenoxy) is 2. The van der Waals surface area contributed by atoms with Gasteiger partial charge < -0.3 is 23.4 Å². The van der Waals surface area contributed by atoms with Crippen LogP contribution in [-0.4, -0.2) is 116 Å². The molecule has 0 radical (unpaired) electrons. The highest BCUT2D eigenvalue weighted by Gasteiger charge is 2.48. The first kappa shape index (κ1) is 108. The number of carbonyl (C=O) groups excluding carboxylic acids is 2. The fraction of sp³-hybridized carbons (Fsp3) is 0.333. The third-order valence-corrected chi connectivity index (χ3v) is 32.7. The molecule has 0 N–H and O–H groups in total. The molecular weight excluding hydrogens is 1880 g/mol. The molecular formula is C120H138BCl4N7O8S2. The van der Waals surface area contributed by atoms with E-state index in [9.17, 15) is 26.4 Å². The van der Waals surface area contributed by atoms with Gasteiger partial charge in [-0.2, -0.15) is 31.0 Å². The van der Waals surface area contributed by atoms with Crippen LogP contribution in [0, 0.1) is 27.7 Å². The molecule has 2 amide bonds. The molecule has 0 atom stereocenters. The lowest BCUT2D eigenvalue weighted by molar-refractivity contribution is -0.433. The van der Waals surface area contributed by atoms with Crippen molar-refractivity contribution in [2.75, 3.05) is 49.1 Å². The molecule has 0 aromatic heterocycles. The van der Waals surface area contributed by atoms with Gasteiger partial charge in [-0.1, -0.05) is 278 Å². The number of anilines is 2. The fourth-order valence-electron chi connectivity index (χ4n) is 21.0. The van der Waals surface area contributed by atoms with Gasteiger partial charge in [0.25, 0.3) is 0 Å². The average molecular weight is 2020 g/mol. The van der Waals surface area contributed by atoms with E-state index in [0.29, 0.717) is 18.1 Å². The molecule has 0 spiro atoms. The van der Waals surface area contributed by atoms with Crippen LogP contribution in [0.25, 0.3) is 4.13 Å². The Hall–Kier alpha value is -11.3. The number of halogens is 4. The maximum absolute atomic E-state index is 13.7. The maximum Gasteiger partial charge on any atom is 0.414 e. The minimum atomic E-state index is -4.62. The second-order valence-corrected chi connectivity index (χ2v) is 46.4. The van der Waals surface area contributed by atoms with E-state index < -0.39 is 42.3 Å². The van der Waals surface area contributed by atoms with Crippen molar-refractivity contribution in [3.8, 4) is 0 Å². The monoisotopic (exact) mass is 2020 g/mol. The smallest absolute Gasteiger partial charge is 0.414 e. The molecule has 22 heteroatoms. The fourth-order valence-corrected chi connectivity index (χ4v) is 24.8. The van der Waals surface area contributed by atoms with Gasteiger partial charge in [0.15, 0.2) is 11.4 Å². The lowest BCUT2D eigenvalue weighted by Gasteiger charge is -2.44. The van der Waals surface area contributed by atoms with Crippen molar-refractivity contribution in [1.29, 1.82) is 0 Å². The Morgan fingerprint density at radius 3 is 1.08 bits per heavy atom. The predicted octanol–water partition coefficient (Wildman–Crippen LogP) is 28.2. The number of fused-ring (bicyclic) bond motifs is 4. The summed E-state index contributed by atoms with van der Waals surface area (Å²) in [6.07, 6.45) is 19.9. The number of sulfonamides is 2. The summed E-state index contributed by atoms with van der Waals surface area (Å²) in [5, 5.41) is -0.0845. The van der Waals surface area contributed by atoms with Crippen LogP contribution in [0.3, 0.4) is 0 Å². The second kappa shape index (κ2) is 43.7. The number of hydrogen-bond donors (Lipinski definition) is 0. The Labute approximate surface area is 865 Å². The summed E-state index contributed by atoms with van der Waals surface area (Å²) in [5.41, 5.74) is 31.2. The first-order chi connectivity index (χ1) is 67.0. The van der Waals surface area contributed by atoms with Gasteiger partial charge in [0.2, 0.25) is 11.4 Å². The second-order valence-electron chi connectivity index (χ2n) is 41.4. The third-order valence-electron chi connectivity index (χ3n) is 27.9. The quantitative estimate of drug-likeness (QED) is 0.0364. The van der Waals surface area contributed by atoms with Gasteiger partial charge in [-0.05, 0) is 270 Å². The van der Waals surface area contributed by atoms with Crippen LogP contribution in [0.5, 0.6) is 0 Å². The first-order valence-corrected chi connectivity index (χ1v) is 53.9. The summed E-state index contributed by atoms with van der Waals surface area (Å²) in [7, 11) is -9.10. The lowest BCUT2D eigenvalue weighted by Crippen LogP contribution is -2.74. The van der Waals surface area contributed by atoms with E-state index in [0.717, 1.165) is 87.5 Å². The molecule has 15 nitrogen and oxygen atoms in total. The molecule has 10 aromatic rings. The molecule has 16 rings (SSSR count). The molecule has 4 heterocycles. The van der Waals surface area contributed by atoms with E-state index in [1.807, 2.05) is 65.2 Å². The minimum Gasteiger partial charge on any atom is -0.443 e. The van der Waals surface area contributed by atoms with E-state index >= 15 is 0 Å². The summed E-state index contributed by atoms with van der Waals surface area (Å²) in [6.45, 7) is 56.5. The standard InChI is InChI=1S/2C42H56N3O2.C24H20B.C12H6Cl4NO4S2/c2*1-13-43-34-22-16-28(4)26-32(34)41(9,10)36(43)24-20-30-18-19-31(38(30)45(15-3)39(46)47-40(6,7)8)21-25-37-42(11,12)33-27-29(5)17-23-35(33)44(37)14-2;1-5-13-21(14-6-1)25(22-15-7-2-8-16-22,23-17-9-3-10-18-23)24-19-11-4-12-20-24;13-7-1-3-8(4-2-7)22(18,19)17-23(20,21)12-6-10(15)9(14)5-11(12)16/h2*16-17,20-27H,13-15,18-19H2,1-12H3;1-20H;1-6H/q2*+1;2*-1. The summed E-state index contributed by atoms with van der Waals surface area (Å²) >= 11 is 22.9. The topological polar surface area (TPSA) is 154 Å². The Morgan fingerprint density at radius 2 is 0.746 bits per heavy atom. The maximum atomic E-state index is 13.7. The molecule has 6 aliphatic rings. The molecule has 0 fully saturated rings. The Kier molecular flexibility index (Phi) is 33.2. The minimum absolute atomic E-state index is 0.0242. The zero-order valence-electron chi connectivity index (χ0n) is 86.9. The van der Waals surface area contributed by atoms with Gasteiger partial charge in [0.1, 0.15) is 50.5 Å². The number of aryl methyl sites for hydroxylation is 4. The van der Waals surface area contributed by atoms with Crippen LogP contribution in [-0.2, 0) is 51.2 Å². The average Bonchev–Trinajstić information content (AvgIpc) is 1.28. The number of likely N-dealkylation sites (N-methyl/N-ethyl adjacent to an activating group) is 4. The molecule has 2 aliphatic carbocycles. The van der Waals surface area contributed by atoms with E-state index in [1.165, 1.54) is 146 Å². The van der Waals surface area contributed by atoms with Gasteiger partial charge in [-0.25, -0.2) is 26.4 Å². The Bertz CT molecular complexity index is 6600. The zero-order valence-corrected chi connectivity index (χ0v) is 91.6. The number of amides is 2. The van der Waals surface area contributed by atoms with Crippen molar-refractivity contribution in [3.05, 3.63) is 393 Å². The van der Waals surface area contributed by atoms with Crippen LogP contribution >= 0.6 is 46.4 Å². The van der Waals surface area contributed by atoms with Gasteiger partial charge >= 0.3 is 12.2 Å². The van der Waals surface area contributed by atoms with Crippen molar-refractivity contribution < 1.29 is 45.0 Å². The summed E-state index contributed by atoms with van der Waals surface area (Å²) in [4.78, 5) is 35.1.